The molecule has 2 aromatic heterocycles. The number of amidine groups is 1. The van der Waals surface area contributed by atoms with Gasteiger partial charge in [0.15, 0.2) is 5.17 Å². The zero-order chi connectivity index (χ0) is 19.8. The minimum atomic E-state index is -0.351. The molecular weight excluding hydrogens is 392 g/mol. The number of thioether (sulfide) groups is 1. The number of carbonyl (C=O) groups excluding carboxylic acids is 1. The molecule has 2 aliphatic rings. The lowest BCUT2D eigenvalue weighted by atomic mass is 10.1. The van der Waals surface area contributed by atoms with Gasteiger partial charge in [-0.2, -0.15) is 4.98 Å². The number of nitrogens with one attached hydrogen (secondary N) is 2. The van der Waals surface area contributed by atoms with E-state index in [0.717, 1.165) is 16.9 Å². The number of hydrogen-bond acceptors (Lipinski definition) is 9. The van der Waals surface area contributed by atoms with Gasteiger partial charge in [0, 0.05) is 12.0 Å². The molecular formula is C19H18N6O3S. The highest BCUT2D eigenvalue weighted by Crippen LogP contribution is 2.32. The van der Waals surface area contributed by atoms with Crippen LogP contribution in [0.4, 0.5) is 0 Å². The van der Waals surface area contributed by atoms with E-state index in [1.54, 1.807) is 11.3 Å². The summed E-state index contributed by atoms with van der Waals surface area (Å²) in [5.41, 5.74) is 7.95. The van der Waals surface area contributed by atoms with Crippen molar-refractivity contribution >= 4 is 22.8 Å². The predicted octanol–water partition coefficient (Wildman–Crippen LogP) is 2.59. The number of rotatable bonds is 4. The molecule has 5 rings (SSSR count). The first-order chi connectivity index (χ1) is 14.2. The summed E-state index contributed by atoms with van der Waals surface area (Å²) < 4.78 is 10.9. The van der Waals surface area contributed by atoms with Gasteiger partial charge >= 0.3 is 0 Å². The molecule has 1 amide bonds. The van der Waals surface area contributed by atoms with Crippen molar-refractivity contribution < 1.29 is 13.7 Å². The van der Waals surface area contributed by atoms with Crippen LogP contribution in [-0.2, 0) is 10.5 Å². The van der Waals surface area contributed by atoms with Gasteiger partial charge in [0.05, 0.1) is 18.1 Å². The summed E-state index contributed by atoms with van der Waals surface area (Å²) >= 11 is 1.41. The summed E-state index contributed by atoms with van der Waals surface area (Å²) in [6.07, 6.45) is 2.22. The van der Waals surface area contributed by atoms with Gasteiger partial charge in [-0.3, -0.25) is 9.80 Å². The Morgan fingerprint density at radius 3 is 3.07 bits per heavy atom. The summed E-state index contributed by atoms with van der Waals surface area (Å²) in [5, 5.41) is 10.7. The summed E-state index contributed by atoms with van der Waals surface area (Å²) in [4.78, 5) is 16.7. The van der Waals surface area contributed by atoms with Gasteiger partial charge in [-0.25, -0.2) is 10.9 Å². The van der Waals surface area contributed by atoms with Crippen molar-refractivity contribution in [2.45, 2.75) is 31.2 Å². The minimum Gasteiger partial charge on any atom is -0.468 e. The number of amides is 1. The van der Waals surface area contributed by atoms with E-state index in [2.05, 4.69) is 26.1 Å². The van der Waals surface area contributed by atoms with Crippen LogP contribution >= 0.6 is 11.8 Å². The fourth-order valence-corrected chi connectivity index (χ4v) is 4.19. The van der Waals surface area contributed by atoms with Crippen molar-refractivity contribution in [2.24, 2.45) is 5.10 Å². The average molecular weight is 410 g/mol. The van der Waals surface area contributed by atoms with Crippen molar-refractivity contribution in [3.63, 3.8) is 0 Å². The van der Waals surface area contributed by atoms with Gasteiger partial charge in [-0.1, -0.05) is 40.7 Å². The average Bonchev–Trinajstić information content (AvgIpc) is 3.47. The van der Waals surface area contributed by atoms with Crippen molar-refractivity contribution in [2.75, 3.05) is 0 Å². The van der Waals surface area contributed by atoms with Crippen LogP contribution in [0.1, 0.15) is 29.7 Å². The number of fused-ring (bicyclic) bond motifs is 1. The normalized spacial score (nSPS) is 21.1. The van der Waals surface area contributed by atoms with Crippen LogP contribution in [-0.4, -0.2) is 32.3 Å². The Morgan fingerprint density at radius 2 is 2.24 bits per heavy atom. The van der Waals surface area contributed by atoms with Gasteiger partial charge in [-0.05, 0) is 25.1 Å². The van der Waals surface area contributed by atoms with Crippen LogP contribution in [0.2, 0.25) is 0 Å². The number of aryl methyl sites for hydroxylation is 1. The molecule has 1 fully saturated rings. The number of carbonyl (C=O) groups is 1. The predicted molar refractivity (Wildman–Crippen MR) is 106 cm³/mol. The van der Waals surface area contributed by atoms with Crippen molar-refractivity contribution in [3.05, 3.63) is 59.9 Å². The lowest BCUT2D eigenvalue weighted by molar-refractivity contribution is -0.125. The topological polar surface area (TPSA) is 109 Å². The Kier molecular flexibility index (Phi) is 4.57. The van der Waals surface area contributed by atoms with Crippen LogP contribution < -0.4 is 10.9 Å². The Hall–Kier alpha value is -3.11. The van der Waals surface area contributed by atoms with Crippen LogP contribution in [0.25, 0.3) is 11.4 Å². The number of nitrogens with zero attached hydrogens (tertiary/aromatic N) is 4. The first-order valence-corrected chi connectivity index (χ1v) is 10.1. The lowest BCUT2D eigenvalue weighted by Crippen LogP contribution is -2.52. The second-order valence-corrected chi connectivity index (χ2v) is 7.80. The molecule has 2 unspecified atom stereocenters. The lowest BCUT2D eigenvalue weighted by Gasteiger charge is -2.28. The van der Waals surface area contributed by atoms with E-state index in [-0.39, 0.29) is 18.0 Å². The third kappa shape index (κ3) is 3.52. The molecule has 0 aliphatic carbocycles. The van der Waals surface area contributed by atoms with E-state index >= 15 is 0 Å². The van der Waals surface area contributed by atoms with E-state index in [0.29, 0.717) is 29.1 Å². The molecule has 0 spiro atoms. The maximum atomic E-state index is 12.2. The van der Waals surface area contributed by atoms with Gasteiger partial charge in [0.2, 0.25) is 11.7 Å². The summed E-state index contributed by atoms with van der Waals surface area (Å²) in [7, 11) is 0. The number of hydrogen-bond donors (Lipinski definition) is 2. The Labute approximate surface area is 170 Å². The molecule has 2 aliphatic heterocycles. The molecule has 0 radical (unpaired) electrons. The molecule has 1 saturated heterocycles. The van der Waals surface area contributed by atoms with E-state index in [4.69, 9.17) is 8.94 Å². The molecule has 0 saturated carbocycles. The Morgan fingerprint density at radius 1 is 1.31 bits per heavy atom. The van der Waals surface area contributed by atoms with Crippen molar-refractivity contribution in [3.8, 4) is 11.4 Å². The van der Waals surface area contributed by atoms with Gasteiger partial charge < -0.3 is 8.94 Å². The fraction of sp³-hybridized carbons (Fsp3) is 0.263. The Bertz CT molecular complexity index is 1060. The highest BCUT2D eigenvalue weighted by Gasteiger charge is 2.42. The summed E-state index contributed by atoms with van der Waals surface area (Å²) in [5.74, 6) is 2.12. The number of furan rings is 1. The van der Waals surface area contributed by atoms with Crippen LogP contribution in [0.15, 0.2) is 56.7 Å². The first-order valence-electron chi connectivity index (χ1n) is 9.16. The van der Waals surface area contributed by atoms with Gasteiger partial charge in [0.1, 0.15) is 11.8 Å². The maximum absolute atomic E-state index is 12.2. The van der Waals surface area contributed by atoms with Crippen LogP contribution in [0.5, 0.6) is 0 Å². The van der Waals surface area contributed by atoms with E-state index in [1.165, 1.54) is 11.8 Å². The van der Waals surface area contributed by atoms with Gasteiger partial charge in [-0.15, -0.1) is 5.10 Å². The molecule has 148 valence electrons. The van der Waals surface area contributed by atoms with E-state index in [9.17, 15) is 4.79 Å². The number of benzene rings is 1. The maximum Gasteiger partial charge on any atom is 0.264 e. The highest BCUT2D eigenvalue weighted by molar-refractivity contribution is 8.13. The molecule has 10 heteroatoms. The van der Waals surface area contributed by atoms with Gasteiger partial charge in [0.25, 0.3) is 5.91 Å². The minimum absolute atomic E-state index is 0.0824. The largest absolute Gasteiger partial charge is 0.468 e. The van der Waals surface area contributed by atoms with Crippen LogP contribution in [0.3, 0.4) is 0 Å². The third-order valence-corrected chi connectivity index (χ3v) is 5.73. The van der Waals surface area contributed by atoms with E-state index < -0.39 is 0 Å². The second-order valence-electron chi connectivity index (χ2n) is 6.86. The summed E-state index contributed by atoms with van der Waals surface area (Å²) in [6, 6.07) is 11.2. The molecule has 2 atom stereocenters. The molecule has 2 N–H and O–H groups in total. The molecule has 0 bridgehead atoms. The number of hydrazine groups is 1. The molecule has 29 heavy (non-hydrogen) atoms. The summed E-state index contributed by atoms with van der Waals surface area (Å²) in [6.45, 7) is 2.02. The highest BCUT2D eigenvalue weighted by atomic mass is 32.2. The first kappa shape index (κ1) is 18.0. The SMILES string of the molecule is Cc1cccc(-c2noc(CSC3=NNC(=O)C4CC(c5ccco5)NN34)n2)c1. The zero-order valence-electron chi connectivity index (χ0n) is 15.5. The van der Waals surface area contributed by atoms with Crippen molar-refractivity contribution in [1.82, 2.24) is 26.0 Å². The molecule has 9 nitrogen and oxygen atoms in total. The standard InChI is InChI=1S/C19H18N6O3S/c1-11-4-2-5-12(8-11)17-20-16(28-24-17)10-29-19-22-21-18(26)14-9-13(23-25(14)19)15-6-3-7-27-15/h2-8,13-14,23H,9-10H2,1H3,(H,21,26). The third-order valence-electron chi connectivity index (χ3n) is 4.79. The molecule has 1 aromatic carbocycles. The number of hydrazone groups is 1. The van der Waals surface area contributed by atoms with Crippen LogP contribution in [0, 0.1) is 6.92 Å². The fourth-order valence-electron chi connectivity index (χ4n) is 3.40. The smallest absolute Gasteiger partial charge is 0.264 e. The molecule has 4 heterocycles. The van der Waals surface area contributed by atoms with E-state index in [1.807, 2.05) is 43.3 Å². The number of aromatic nitrogens is 2. The molecule has 3 aromatic rings. The van der Waals surface area contributed by atoms with Crippen molar-refractivity contribution in [1.29, 1.82) is 0 Å². The monoisotopic (exact) mass is 410 g/mol. The second kappa shape index (κ2) is 7.37. The Balaban J connectivity index is 1.28. The zero-order valence-corrected chi connectivity index (χ0v) is 16.3. The quantitative estimate of drug-likeness (QED) is 0.676.